The summed E-state index contributed by atoms with van der Waals surface area (Å²) in [7, 11) is 1.65. The molecule has 6 heteroatoms. The highest BCUT2D eigenvalue weighted by molar-refractivity contribution is 5.54. The summed E-state index contributed by atoms with van der Waals surface area (Å²) >= 11 is 0. The monoisotopic (exact) mass is 302 g/mol. The fourth-order valence-electron chi connectivity index (χ4n) is 2.19. The van der Waals surface area contributed by atoms with Gasteiger partial charge in [0.05, 0.1) is 19.8 Å². The average Bonchev–Trinajstić information content (AvgIpc) is 2.43. The number of halogens is 2. The Morgan fingerprint density at radius 3 is 2.71 bits per heavy atom. The quantitative estimate of drug-likeness (QED) is 0.647. The van der Waals surface area contributed by atoms with Crippen molar-refractivity contribution in [1.82, 2.24) is 5.32 Å². The van der Waals surface area contributed by atoms with Crippen molar-refractivity contribution in [2.75, 3.05) is 44.9 Å². The Kier molecular flexibility index (Phi) is 8.19. The van der Waals surface area contributed by atoms with E-state index in [1.54, 1.807) is 7.11 Å². The Labute approximate surface area is 124 Å². The molecule has 0 saturated heterocycles. The van der Waals surface area contributed by atoms with Gasteiger partial charge in [0.1, 0.15) is 0 Å². The minimum atomic E-state index is -2.42. The number of methoxy groups -OCH3 is 1. The molecule has 0 aliphatic carbocycles. The molecule has 0 radical (unpaired) electrons. The van der Waals surface area contributed by atoms with Crippen molar-refractivity contribution >= 4 is 5.69 Å². The Morgan fingerprint density at radius 1 is 1.38 bits per heavy atom. The summed E-state index contributed by atoms with van der Waals surface area (Å²) in [6, 6.07) is 5.73. The molecule has 0 bridgehead atoms. The van der Waals surface area contributed by atoms with Crippen molar-refractivity contribution < 1.29 is 18.6 Å². The lowest BCUT2D eigenvalue weighted by Crippen LogP contribution is -2.32. The number of nitrogens with zero attached hydrogens (tertiary/aromatic N) is 1. The van der Waals surface area contributed by atoms with Gasteiger partial charge < -0.3 is 20.1 Å². The van der Waals surface area contributed by atoms with Crippen LogP contribution in [-0.4, -0.2) is 51.5 Å². The van der Waals surface area contributed by atoms with Crippen LogP contribution in [0.25, 0.3) is 0 Å². The molecule has 0 aliphatic rings. The predicted molar refractivity (Wildman–Crippen MR) is 80.1 cm³/mol. The van der Waals surface area contributed by atoms with Gasteiger partial charge >= 0.3 is 0 Å². The molecule has 21 heavy (non-hydrogen) atoms. The third-order valence-electron chi connectivity index (χ3n) is 3.14. The van der Waals surface area contributed by atoms with Gasteiger partial charge in [-0.1, -0.05) is 12.1 Å². The van der Waals surface area contributed by atoms with E-state index in [0.29, 0.717) is 13.2 Å². The van der Waals surface area contributed by atoms with Gasteiger partial charge in [-0.3, -0.25) is 0 Å². The van der Waals surface area contributed by atoms with Crippen LogP contribution in [0.1, 0.15) is 11.1 Å². The SMILES string of the molecule is COCCNCc1ccc(N(CCO)CC(F)F)c(C)c1. The summed E-state index contributed by atoms with van der Waals surface area (Å²) in [5.41, 5.74) is 2.76. The van der Waals surface area contributed by atoms with E-state index in [2.05, 4.69) is 5.32 Å². The molecule has 0 aliphatic heterocycles. The molecular weight excluding hydrogens is 278 g/mol. The van der Waals surface area contributed by atoms with E-state index in [1.165, 1.54) is 4.90 Å². The van der Waals surface area contributed by atoms with E-state index in [-0.39, 0.29) is 19.7 Å². The zero-order chi connectivity index (χ0) is 15.7. The van der Waals surface area contributed by atoms with Crippen LogP contribution < -0.4 is 10.2 Å². The summed E-state index contributed by atoms with van der Waals surface area (Å²) in [4.78, 5) is 1.52. The molecule has 0 fully saturated rings. The van der Waals surface area contributed by atoms with E-state index >= 15 is 0 Å². The smallest absolute Gasteiger partial charge is 0.255 e. The van der Waals surface area contributed by atoms with Crippen LogP contribution in [0.15, 0.2) is 18.2 Å². The van der Waals surface area contributed by atoms with E-state index < -0.39 is 6.43 Å². The standard InChI is InChI=1S/C15H24F2N2O2/c1-12-9-13(10-18-5-8-21-2)3-4-14(12)19(6-7-20)11-15(16)17/h3-4,9,15,18,20H,5-8,10-11H2,1-2H3. The lowest BCUT2D eigenvalue weighted by atomic mass is 10.1. The molecule has 0 heterocycles. The second-order valence-electron chi connectivity index (χ2n) is 4.85. The van der Waals surface area contributed by atoms with Gasteiger partial charge in [0.25, 0.3) is 6.43 Å². The third-order valence-corrected chi connectivity index (χ3v) is 3.14. The van der Waals surface area contributed by atoms with Crippen LogP contribution in [0.3, 0.4) is 0 Å². The topological polar surface area (TPSA) is 44.7 Å². The number of alkyl halides is 2. The summed E-state index contributed by atoms with van der Waals surface area (Å²) < 4.78 is 30.2. The maximum Gasteiger partial charge on any atom is 0.255 e. The first-order valence-electron chi connectivity index (χ1n) is 7.01. The van der Waals surface area contributed by atoms with Gasteiger partial charge in [0, 0.05) is 32.4 Å². The number of nitrogens with one attached hydrogen (secondary N) is 1. The van der Waals surface area contributed by atoms with E-state index in [1.807, 2.05) is 25.1 Å². The minimum Gasteiger partial charge on any atom is -0.395 e. The largest absolute Gasteiger partial charge is 0.395 e. The Bertz CT molecular complexity index is 417. The zero-order valence-corrected chi connectivity index (χ0v) is 12.6. The Morgan fingerprint density at radius 2 is 2.14 bits per heavy atom. The fourth-order valence-corrected chi connectivity index (χ4v) is 2.19. The lowest BCUT2D eigenvalue weighted by Gasteiger charge is -2.25. The number of ether oxygens (including phenoxy) is 1. The van der Waals surface area contributed by atoms with Gasteiger partial charge in [0.2, 0.25) is 0 Å². The number of hydrogen-bond acceptors (Lipinski definition) is 4. The molecule has 0 saturated carbocycles. The van der Waals surface area contributed by atoms with Crippen molar-refractivity contribution in [3.8, 4) is 0 Å². The zero-order valence-electron chi connectivity index (χ0n) is 12.6. The maximum atomic E-state index is 12.6. The second-order valence-corrected chi connectivity index (χ2v) is 4.85. The van der Waals surface area contributed by atoms with Crippen LogP contribution in [0.5, 0.6) is 0 Å². The highest BCUT2D eigenvalue weighted by Gasteiger charge is 2.14. The normalized spacial score (nSPS) is 11.1. The first kappa shape index (κ1) is 17.8. The third kappa shape index (κ3) is 6.37. The summed E-state index contributed by atoms with van der Waals surface area (Å²) in [6.45, 7) is 3.70. The average molecular weight is 302 g/mol. The number of hydrogen-bond donors (Lipinski definition) is 2. The molecule has 0 amide bonds. The van der Waals surface area contributed by atoms with Crippen molar-refractivity contribution in [1.29, 1.82) is 0 Å². The van der Waals surface area contributed by atoms with Crippen molar-refractivity contribution in [3.05, 3.63) is 29.3 Å². The molecular formula is C15H24F2N2O2. The van der Waals surface area contributed by atoms with Crippen LogP contribution >= 0.6 is 0 Å². The van der Waals surface area contributed by atoms with E-state index in [4.69, 9.17) is 9.84 Å². The van der Waals surface area contributed by atoms with Gasteiger partial charge in [-0.25, -0.2) is 8.78 Å². The van der Waals surface area contributed by atoms with E-state index in [9.17, 15) is 8.78 Å². The number of anilines is 1. The van der Waals surface area contributed by atoms with Gasteiger partial charge in [-0.2, -0.15) is 0 Å². The summed E-state index contributed by atoms with van der Waals surface area (Å²) in [5.74, 6) is 0. The summed E-state index contributed by atoms with van der Waals surface area (Å²) in [5, 5.41) is 12.3. The molecule has 4 nitrogen and oxygen atoms in total. The molecule has 0 aromatic heterocycles. The lowest BCUT2D eigenvalue weighted by molar-refractivity contribution is 0.153. The number of rotatable bonds is 10. The molecule has 0 atom stereocenters. The van der Waals surface area contributed by atoms with Crippen LogP contribution in [-0.2, 0) is 11.3 Å². The molecule has 120 valence electrons. The molecule has 0 unspecified atom stereocenters. The number of aliphatic hydroxyl groups excluding tert-OH is 1. The molecule has 1 rings (SSSR count). The van der Waals surface area contributed by atoms with Crippen molar-refractivity contribution in [2.45, 2.75) is 19.9 Å². The minimum absolute atomic E-state index is 0.146. The van der Waals surface area contributed by atoms with Gasteiger partial charge in [0.15, 0.2) is 0 Å². The van der Waals surface area contributed by atoms with Crippen molar-refractivity contribution in [3.63, 3.8) is 0 Å². The van der Waals surface area contributed by atoms with E-state index in [0.717, 1.165) is 23.4 Å². The first-order chi connectivity index (χ1) is 10.1. The number of benzene rings is 1. The fraction of sp³-hybridized carbons (Fsp3) is 0.600. The van der Waals surface area contributed by atoms with Crippen LogP contribution in [0.4, 0.5) is 14.5 Å². The van der Waals surface area contributed by atoms with Crippen molar-refractivity contribution in [2.24, 2.45) is 0 Å². The molecule has 1 aromatic carbocycles. The number of aliphatic hydroxyl groups is 1. The summed E-state index contributed by atoms with van der Waals surface area (Å²) in [6.07, 6.45) is -2.42. The molecule has 0 spiro atoms. The molecule has 2 N–H and O–H groups in total. The maximum absolute atomic E-state index is 12.6. The highest BCUT2D eigenvalue weighted by Crippen LogP contribution is 2.22. The predicted octanol–water partition coefficient (Wildman–Crippen LogP) is 1.79. The van der Waals surface area contributed by atoms with Gasteiger partial charge in [-0.05, 0) is 24.1 Å². The molecule has 1 aromatic rings. The van der Waals surface area contributed by atoms with Crippen LogP contribution in [0.2, 0.25) is 0 Å². The Balaban J connectivity index is 2.70. The Hall–Kier alpha value is -1.24. The van der Waals surface area contributed by atoms with Gasteiger partial charge in [-0.15, -0.1) is 0 Å². The second kappa shape index (κ2) is 9.65. The first-order valence-corrected chi connectivity index (χ1v) is 7.01. The highest BCUT2D eigenvalue weighted by atomic mass is 19.3. The number of aryl methyl sites for hydroxylation is 1. The van der Waals surface area contributed by atoms with Crippen LogP contribution in [0, 0.1) is 6.92 Å².